The number of hydrogen-bond acceptors (Lipinski definition) is 1. The summed E-state index contributed by atoms with van der Waals surface area (Å²) in [6.07, 6.45) is 0.795. The molecule has 0 N–H and O–H groups in total. The quantitative estimate of drug-likeness (QED) is 0.626. The van der Waals surface area contributed by atoms with Crippen molar-refractivity contribution in [3.05, 3.63) is 61.5 Å². The van der Waals surface area contributed by atoms with Crippen molar-refractivity contribution in [1.82, 2.24) is 0 Å². The molecule has 2 rings (SSSR count). The van der Waals surface area contributed by atoms with Gasteiger partial charge in [0.2, 0.25) is 0 Å². The lowest BCUT2D eigenvalue weighted by Crippen LogP contribution is -2.02. The lowest BCUT2D eigenvalue weighted by Gasteiger charge is -2.09. The van der Waals surface area contributed by atoms with E-state index >= 15 is 0 Å². The van der Waals surface area contributed by atoms with Crippen molar-refractivity contribution in [3.8, 4) is 5.75 Å². The molecule has 0 bridgehead atoms. The second-order valence-corrected chi connectivity index (χ2v) is 6.54. The smallest absolute Gasteiger partial charge is 0.121 e. The van der Waals surface area contributed by atoms with Crippen LogP contribution in [0, 0.1) is 6.92 Å². The number of rotatable bonds is 4. The number of benzene rings is 2. The molecule has 0 radical (unpaired) electrons. The number of hydrogen-bond donors (Lipinski definition) is 0. The summed E-state index contributed by atoms with van der Waals surface area (Å²) in [5, 5.41) is 0.805. The maximum Gasteiger partial charge on any atom is 0.121 e. The molecule has 0 fully saturated rings. The normalized spacial score (nSPS) is 10.5. The number of halogens is 3. The topological polar surface area (TPSA) is 9.23 Å². The van der Waals surface area contributed by atoms with Gasteiger partial charge in [0.05, 0.1) is 6.61 Å². The van der Waals surface area contributed by atoms with Gasteiger partial charge in [-0.05, 0) is 42.3 Å². The van der Waals surface area contributed by atoms with E-state index in [2.05, 4.69) is 44.0 Å². The van der Waals surface area contributed by atoms with Crippen LogP contribution < -0.4 is 4.74 Å². The zero-order chi connectivity index (χ0) is 13.8. The van der Waals surface area contributed by atoms with E-state index in [0.29, 0.717) is 6.61 Å². The zero-order valence-electron chi connectivity index (χ0n) is 10.4. The summed E-state index contributed by atoms with van der Waals surface area (Å²) >= 11 is 13.1. The van der Waals surface area contributed by atoms with Crippen LogP contribution in [0.4, 0.5) is 0 Å². The van der Waals surface area contributed by atoms with Crippen molar-refractivity contribution in [3.63, 3.8) is 0 Å². The maximum absolute atomic E-state index is 6.19. The van der Waals surface area contributed by atoms with E-state index in [-0.39, 0.29) is 0 Å². The van der Waals surface area contributed by atoms with Gasteiger partial charge >= 0.3 is 0 Å². The maximum atomic E-state index is 6.19. The molecule has 0 amide bonds. The van der Waals surface area contributed by atoms with E-state index in [1.807, 2.05) is 31.2 Å². The third-order valence-electron chi connectivity index (χ3n) is 2.68. The fraction of sp³-hybridized carbons (Fsp3) is 0.200. The van der Waals surface area contributed by atoms with Crippen molar-refractivity contribution >= 4 is 43.5 Å². The highest BCUT2D eigenvalue weighted by Gasteiger charge is 2.02. The molecule has 0 unspecified atom stereocenters. The summed E-state index contributed by atoms with van der Waals surface area (Å²) < 4.78 is 7.72. The molecular weight excluding hydrogens is 391 g/mol. The van der Waals surface area contributed by atoms with E-state index < -0.39 is 0 Å². The average molecular weight is 405 g/mol. The van der Waals surface area contributed by atoms with Gasteiger partial charge in [-0.1, -0.05) is 55.6 Å². The molecule has 2 aromatic carbocycles. The van der Waals surface area contributed by atoms with Crippen molar-refractivity contribution in [2.45, 2.75) is 13.3 Å². The van der Waals surface area contributed by atoms with Gasteiger partial charge in [0, 0.05) is 20.4 Å². The summed E-state index contributed by atoms with van der Waals surface area (Å²) in [4.78, 5) is 0. The van der Waals surface area contributed by atoms with Crippen molar-refractivity contribution < 1.29 is 4.74 Å². The standard InChI is InChI=1S/C15H13Br2ClO/c1-10-2-3-11(15(18)6-10)4-5-19-14-8-12(16)7-13(17)9-14/h2-3,6-9H,4-5H2,1H3. The minimum Gasteiger partial charge on any atom is -0.493 e. The third-order valence-corrected chi connectivity index (χ3v) is 3.95. The first kappa shape index (κ1) is 14.9. The van der Waals surface area contributed by atoms with E-state index in [0.717, 1.165) is 31.7 Å². The molecule has 0 saturated carbocycles. The minimum absolute atomic E-state index is 0.603. The minimum atomic E-state index is 0.603. The third kappa shape index (κ3) is 4.51. The molecule has 100 valence electrons. The van der Waals surface area contributed by atoms with Gasteiger partial charge < -0.3 is 4.74 Å². The van der Waals surface area contributed by atoms with Gasteiger partial charge in [0.15, 0.2) is 0 Å². The molecule has 0 aliphatic rings. The van der Waals surface area contributed by atoms with E-state index in [9.17, 15) is 0 Å². The molecule has 19 heavy (non-hydrogen) atoms. The van der Waals surface area contributed by atoms with E-state index in [1.54, 1.807) is 0 Å². The summed E-state index contributed by atoms with van der Waals surface area (Å²) in [6.45, 7) is 2.64. The van der Waals surface area contributed by atoms with Crippen molar-refractivity contribution in [2.24, 2.45) is 0 Å². The van der Waals surface area contributed by atoms with Crippen molar-refractivity contribution in [2.75, 3.05) is 6.61 Å². The fourth-order valence-corrected chi connectivity index (χ4v) is 3.33. The second-order valence-electron chi connectivity index (χ2n) is 4.30. The Morgan fingerprint density at radius 1 is 1.05 bits per heavy atom. The Kier molecular flexibility index (Phi) is 5.31. The Morgan fingerprint density at radius 2 is 1.74 bits per heavy atom. The molecule has 0 atom stereocenters. The molecule has 1 nitrogen and oxygen atoms in total. The molecular formula is C15H13Br2ClO. The summed E-state index contributed by atoms with van der Waals surface area (Å²) in [7, 11) is 0. The van der Waals surface area contributed by atoms with Gasteiger partial charge in [-0.3, -0.25) is 0 Å². The monoisotopic (exact) mass is 402 g/mol. The van der Waals surface area contributed by atoms with Crippen LogP contribution in [0.1, 0.15) is 11.1 Å². The Bertz CT molecular complexity index is 564. The molecule has 0 aromatic heterocycles. The summed E-state index contributed by atoms with van der Waals surface area (Å²) in [5.74, 6) is 0.837. The molecule has 4 heteroatoms. The van der Waals surface area contributed by atoms with Crippen LogP contribution in [0.2, 0.25) is 5.02 Å². The second kappa shape index (κ2) is 6.78. The Hall–Kier alpha value is -0.510. The molecule has 0 spiro atoms. The Labute approximate surface area is 135 Å². The molecule has 0 aliphatic carbocycles. The first-order valence-corrected chi connectivity index (χ1v) is 7.85. The largest absolute Gasteiger partial charge is 0.493 e. The van der Waals surface area contributed by atoms with Crippen LogP contribution in [0.15, 0.2) is 45.3 Å². The van der Waals surface area contributed by atoms with E-state index in [4.69, 9.17) is 16.3 Å². The predicted octanol–water partition coefficient (Wildman–Crippen LogP) is 5.79. The van der Waals surface area contributed by atoms with Crippen molar-refractivity contribution in [1.29, 1.82) is 0 Å². The van der Waals surface area contributed by atoms with E-state index in [1.165, 1.54) is 5.56 Å². The van der Waals surface area contributed by atoms with Gasteiger partial charge in [-0.25, -0.2) is 0 Å². The first-order chi connectivity index (χ1) is 9.04. The van der Waals surface area contributed by atoms with Gasteiger partial charge in [-0.15, -0.1) is 0 Å². The average Bonchev–Trinajstić information content (AvgIpc) is 2.30. The highest BCUT2D eigenvalue weighted by atomic mass is 79.9. The molecule has 0 aliphatic heterocycles. The zero-order valence-corrected chi connectivity index (χ0v) is 14.3. The lowest BCUT2D eigenvalue weighted by atomic mass is 10.1. The molecule has 0 saturated heterocycles. The highest BCUT2D eigenvalue weighted by Crippen LogP contribution is 2.25. The Balaban J connectivity index is 1.96. The van der Waals surface area contributed by atoms with Crippen LogP contribution >= 0.6 is 43.5 Å². The van der Waals surface area contributed by atoms with Crippen LogP contribution in [0.25, 0.3) is 0 Å². The summed E-state index contributed by atoms with van der Waals surface area (Å²) in [6, 6.07) is 12.0. The van der Waals surface area contributed by atoms with Gasteiger partial charge in [-0.2, -0.15) is 0 Å². The van der Waals surface area contributed by atoms with Crippen LogP contribution in [0.3, 0.4) is 0 Å². The first-order valence-electron chi connectivity index (χ1n) is 5.88. The van der Waals surface area contributed by atoms with Crippen LogP contribution in [-0.2, 0) is 6.42 Å². The Morgan fingerprint density at radius 3 is 2.37 bits per heavy atom. The van der Waals surface area contributed by atoms with Crippen LogP contribution in [-0.4, -0.2) is 6.61 Å². The highest BCUT2D eigenvalue weighted by molar-refractivity contribution is 9.11. The molecule has 0 heterocycles. The summed E-state index contributed by atoms with van der Waals surface area (Å²) in [5.41, 5.74) is 2.28. The van der Waals surface area contributed by atoms with Gasteiger partial charge in [0.25, 0.3) is 0 Å². The number of ether oxygens (including phenoxy) is 1. The van der Waals surface area contributed by atoms with Gasteiger partial charge in [0.1, 0.15) is 5.75 Å². The lowest BCUT2D eigenvalue weighted by molar-refractivity contribution is 0.321. The molecule has 2 aromatic rings. The predicted molar refractivity (Wildman–Crippen MR) is 87.2 cm³/mol. The fourth-order valence-electron chi connectivity index (χ4n) is 1.75. The number of aryl methyl sites for hydroxylation is 1. The van der Waals surface area contributed by atoms with Crippen LogP contribution in [0.5, 0.6) is 5.75 Å². The SMILES string of the molecule is Cc1ccc(CCOc2cc(Br)cc(Br)c2)c(Cl)c1.